The number of sulfonamides is 1. The van der Waals surface area contributed by atoms with Crippen LogP contribution >= 0.6 is 22.9 Å². The van der Waals surface area contributed by atoms with Crippen molar-refractivity contribution >= 4 is 37.9 Å². The molecule has 2 aromatic heterocycles. The molecular weight excluding hydrogens is 370 g/mol. The zero-order chi connectivity index (χ0) is 16.9. The van der Waals surface area contributed by atoms with Crippen LogP contribution in [-0.4, -0.2) is 28.2 Å². The highest BCUT2D eigenvalue weighted by Crippen LogP contribution is 2.39. The Balaban J connectivity index is 1.54. The van der Waals surface area contributed by atoms with Gasteiger partial charge in [-0.3, -0.25) is 0 Å². The summed E-state index contributed by atoms with van der Waals surface area (Å²) in [5.41, 5.74) is 0.830. The molecular formula is C14H14ClN5O2S2. The van der Waals surface area contributed by atoms with Crippen LogP contribution < -0.4 is 4.72 Å². The number of hydrogen-bond donors (Lipinski definition) is 1. The number of aromatic nitrogens is 4. The maximum Gasteiger partial charge on any atom is 0.241 e. The van der Waals surface area contributed by atoms with E-state index in [1.807, 2.05) is 6.92 Å². The van der Waals surface area contributed by atoms with Crippen molar-refractivity contribution < 1.29 is 8.42 Å². The maximum atomic E-state index is 12.4. The topological polar surface area (TPSA) is 89.2 Å². The molecule has 1 aliphatic rings. The zero-order valence-electron chi connectivity index (χ0n) is 12.7. The van der Waals surface area contributed by atoms with Crippen LogP contribution in [0.25, 0.3) is 4.96 Å². The van der Waals surface area contributed by atoms with Crippen molar-refractivity contribution in [3.05, 3.63) is 39.6 Å². The second-order valence-electron chi connectivity index (χ2n) is 5.76. The lowest BCUT2D eigenvalue weighted by Gasteiger charge is -2.06. The number of hydrogen-bond acceptors (Lipinski definition) is 6. The smallest absolute Gasteiger partial charge is 0.207 e. The lowest BCUT2D eigenvalue weighted by atomic mass is 10.2. The van der Waals surface area contributed by atoms with Gasteiger partial charge in [0, 0.05) is 10.9 Å². The molecule has 2 heterocycles. The molecule has 1 N–H and O–H groups in total. The first kappa shape index (κ1) is 15.9. The van der Waals surface area contributed by atoms with Crippen molar-refractivity contribution in [1.29, 1.82) is 0 Å². The van der Waals surface area contributed by atoms with E-state index in [9.17, 15) is 8.42 Å². The highest BCUT2D eigenvalue weighted by Gasteiger charge is 2.30. The average Bonchev–Trinajstić information content (AvgIpc) is 3.17. The largest absolute Gasteiger partial charge is 0.241 e. The molecule has 4 rings (SSSR count). The number of nitrogens with zero attached hydrogens (tertiary/aromatic N) is 4. The Kier molecular flexibility index (Phi) is 3.83. The Bertz CT molecular complexity index is 1020. The second-order valence-corrected chi connectivity index (χ2v) is 8.97. The van der Waals surface area contributed by atoms with Crippen molar-refractivity contribution in [1.82, 2.24) is 24.5 Å². The first-order chi connectivity index (χ1) is 11.4. The summed E-state index contributed by atoms with van der Waals surface area (Å²) in [4.78, 5) is 0.823. The Hall–Kier alpha value is -1.55. The second kappa shape index (κ2) is 5.76. The molecule has 0 spiro atoms. The molecule has 0 aliphatic heterocycles. The standard InChI is InChI=1S/C14H14ClN5O2S2/c1-8-2-5-10(6-11(8)15)24(21,22)16-7-12-19-20-13(9-3-4-9)17-18-14(20)23-12/h2,5-6,9,16H,3-4,7H2,1H3. The summed E-state index contributed by atoms with van der Waals surface area (Å²) >= 11 is 7.34. The minimum atomic E-state index is -3.65. The van der Waals surface area contributed by atoms with E-state index in [2.05, 4.69) is 20.0 Å². The van der Waals surface area contributed by atoms with Crippen LogP contribution in [0.1, 0.15) is 35.2 Å². The van der Waals surface area contributed by atoms with Gasteiger partial charge >= 0.3 is 0 Å². The van der Waals surface area contributed by atoms with Crippen LogP contribution in [-0.2, 0) is 16.6 Å². The maximum absolute atomic E-state index is 12.4. The van der Waals surface area contributed by atoms with E-state index in [0.717, 1.165) is 24.2 Å². The minimum Gasteiger partial charge on any atom is -0.207 e. The van der Waals surface area contributed by atoms with Crippen molar-refractivity contribution in [2.75, 3.05) is 0 Å². The quantitative estimate of drug-likeness (QED) is 0.731. The third kappa shape index (κ3) is 2.92. The van der Waals surface area contributed by atoms with Crippen molar-refractivity contribution in [2.45, 2.75) is 37.1 Å². The molecule has 0 saturated heterocycles. The van der Waals surface area contributed by atoms with Crippen LogP contribution in [0.15, 0.2) is 23.1 Å². The molecule has 3 aromatic rings. The van der Waals surface area contributed by atoms with Crippen LogP contribution in [0.5, 0.6) is 0 Å². The summed E-state index contributed by atoms with van der Waals surface area (Å²) in [6, 6.07) is 4.66. The van der Waals surface area contributed by atoms with Crippen LogP contribution in [0.2, 0.25) is 5.02 Å². The fraction of sp³-hybridized carbons (Fsp3) is 0.357. The van der Waals surface area contributed by atoms with Crippen LogP contribution in [0.3, 0.4) is 0 Å². The van der Waals surface area contributed by atoms with E-state index in [1.165, 1.54) is 23.5 Å². The SMILES string of the molecule is Cc1ccc(S(=O)(=O)NCc2nn3c(C4CC4)nnc3s2)cc1Cl. The predicted octanol–water partition coefficient (Wildman–Crippen LogP) is 2.50. The van der Waals surface area contributed by atoms with E-state index < -0.39 is 10.0 Å². The molecule has 1 fully saturated rings. The Morgan fingerprint density at radius 2 is 2.17 bits per heavy atom. The van der Waals surface area contributed by atoms with E-state index >= 15 is 0 Å². The van der Waals surface area contributed by atoms with Crippen LogP contribution in [0, 0.1) is 6.92 Å². The molecule has 10 heteroatoms. The van der Waals surface area contributed by atoms with Gasteiger partial charge in [0.15, 0.2) is 5.82 Å². The van der Waals surface area contributed by atoms with E-state index in [1.54, 1.807) is 10.6 Å². The lowest BCUT2D eigenvalue weighted by Crippen LogP contribution is -2.23. The van der Waals surface area contributed by atoms with Gasteiger partial charge in [-0.15, -0.1) is 10.2 Å². The molecule has 7 nitrogen and oxygen atoms in total. The third-order valence-corrected chi connectivity index (χ3v) is 6.57. The molecule has 126 valence electrons. The number of fused-ring (bicyclic) bond motifs is 1. The molecule has 1 aromatic carbocycles. The molecule has 0 amide bonds. The first-order valence-electron chi connectivity index (χ1n) is 7.41. The fourth-order valence-electron chi connectivity index (χ4n) is 2.32. The van der Waals surface area contributed by atoms with Gasteiger partial charge < -0.3 is 0 Å². The van der Waals surface area contributed by atoms with Gasteiger partial charge in [0.1, 0.15) is 5.01 Å². The molecule has 0 unspecified atom stereocenters. The molecule has 1 aliphatic carbocycles. The Labute approximate surface area is 147 Å². The molecule has 0 bridgehead atoms. The van der Waals surface area contributed by atoms with E-state index in [4.69, 9.17) is 11.6 Å². The summed E-state index contributed by atoms with van der Waals surface area (Å²) in [5.74, 6) is 1.29. The summed E-state index contributed by atoms with van der Waals surface area (Å²) in [6.45, 7) is 1.93. The van der Waals surface area contributed by atoms with Crippen molar-refractivity contribution in [3.63, 3.8) is 0 Å². The van der Waals surface area contributed by atoms with Gasteiger partial charge in [0.2, 0.25) is 15.0 Å². The van der Waals surface area contributed by atoms with Gasteiger partial charge in [-0.25, -0.2) is 13.1 Å². The number of benzene rings is 1. The molecule has 24 heavy (non-hydrogen) atoms. The molecule has 1 saturated carbocycles. The number of aryl methyl sites for hydroxylation is 1. The summed E-state index contributed by atoms with van der Waals surface area (Å²) < 4.78 is 29.0. The summed E-state index contributed by atoms with van der Waals surface area (Å²) in [5, 5.41) is 13.7. The zero-order valence-corrected chi connectivity index (χ0v) is 15.1. The highest BCUT2D eigenvalue weighted by atomic mass is 35.5. The van der Waals surface area contributed by atoms with Gasteiger partial charge in [0.25, 0.3) is 0 Å². The number of nitrogens with one attached hydrogen (secondary N) is 1. The number of rotatable bonds is 5. The van der Waals surface area contributed by atoms with E-state index in [0.29, 0.717) is 20.9 Å². The predicted molar refractivity (Wildman–Crippen MR) is 90.8 cm³/mol. The van der Waals surface area contributed by atoms with Crippen molar-refractivity contribution in [2.24, 2.45) is 0 Å². The van der Waals surface area contributed by atoms with Gasteiger partial charge in [-0.2, -0.15) is 9.61 Å². The Morgan fingerprint density at radius 1 is 1.38 bits per heavy atom. The van der Waals surface area contributed by atoms with E-state index in [-0.39, 0.29) is 11.4 Å². The normalized spacial score (nSPS) is 15.2. The van der Waals surface area contributed by atoms with Gasteiger partial charge in [-0.05, 0) is 37.5 Å². The minimum absolute atomic E-state index is 0.103. The monoisotopic (exact) mass is 383 g/mol. The lowest BCUT2D eigenvalue weighted by molar-refractivity contribution is 0.580. The fourth-order valence-corrected chi connectivity index (χ4v) is 4.45. The highest BCUT2D eigenvalue weighted by molar-refractivity contribution is 7.89. The first-order valence-corrected chi connectivity index (χ1v) is 10.1. The van der Waals surface area contributed by atoms with Gasteiger partial charge in [-0.1, -0.05) is 29.0 Å². The summed E-state index contributed by atoms with van der Waals surface area (Å²) in [6.07, 6.45) is 2.21. The average molecular weight is 384 g/mol. The van der Waals surface area contributed by atoms with Crippen molar-refractivity contribution in [3.8, 4) is 0 Å². The van der Waals surface area contributed by atoms with Gasteiger partial charge in [0.05, 0.1) is 11.4 Å². The third-order valence-electron chi connectivity index (χ3n) is 3.87. The van der Waals surface area contributed by atoms with Crippen LogP contribution in [0.4, 0.5) is 0 Å². The summed E-state index contributed by atoms with van der Waals surface area (Å²) in [7, 11) is -3.65. The number of halogens is 1. The molecule has 0 atom stereocenters. The Morgan fingerprint density at radius 3 is 2.88 bits per heavy atom. The molecule has 0 radical (unpaired) electrons.